The number of likely N-dealkylation sites (N-methyl/N-ethyl adjacent to an activating group) is 1. The van der Waals surface area contributed by atoms with E-state index in [1.165, 1.54) is 17.7 Å². The molecule has 4 heterocycles. The van der Waals surface area contributed by atoms with Crippen LogP contribution in [0.5, 0.6) is 0 Å². The van der Waals surface area contributed by atoms with Crippen LogP contribution in [0.2, 0.25) is 0 Å². The number of nitrogens with zero attached hydrogens (tertiary/aromatic N) is 6. The zero-order chi connectivity index (χ0) is 23.0. The third kappa shape index (κ3) is 4.06. The first-order valence-corrected chi connectivity index (χ1v) is 11.2. The Balaban J connectivity index is 1.41. The van der Waals surface area contributed by atoms with Gasteiger partial charge < -0.3 is 15.3 Å². The summed E-state index contributed by atoms with van der Waals surface area (Å²) in [6.07, 6.45) is 3.52. The van der Waals surface area contributed by atoms with Crippen LogP contribution < -0.4 is 5.32 Å². The van der Waals surface area contributed by atoms with E-state index in [1.807, 2.05) is 36.6 Å². The van der Waals surface area contributed by atoms with Crippen molar-refractivity contribution in [3.63, 3.8) is 0 Å². The number of aliphatic hydroxyl groups is 1. The molecule has 2 N–H and O–H groups in total. The lowest BCUT2D eigenvalue weighted by Gasteiger charge is -2.21. The molecular formula is C23H21N7O2S. The maximum absolute atomic E-state index is 12.5. The number of amides is 1. The lowest BCUT2D eigenvalue weighted by atomic mass is 9.91. The molecule has 1 aliphatic rings. The number of rotatable bonds is 5. The van der Waals surface area contributed by atoms with Crippen molar-refractivity contribution in [2.45, 2.75) is 18.9 Å². The van der Waals surface area contributed by atoms with Gasteiger partial charge in [0.15, 0.2) is 5.60 Å². The molecule has 10 heteroatoms. The van der Waals surface area contributed by atoms with E-state index in [-0.39, 0.29) is 5.91 Å². The van der Waals surface area contributed by atoms with Crippen molar-refractivity contribution < 1.29 is 9.90 Å². The molecule has 1 saturated heterocycles. The van der Waals surface area contributed by atoms with Gasteiger partial charge in [-0.2, -0.15) is 0 Å². The first-order chi connectivity index (χ1) is 15.9. The Morgan fingerprint density at radius 1 is 1.12 bits per heavy atom. The molecule has 1 atom stereocenters. The number of anilines is 2. The Morgan fingerprint density at radius 3 is 2.79 bits per heavy atom. The molecule has 5 rings (SSSR count). The minimum absolute atomic E-state index is 0.278. The molecule has 166 valence electrons. The predicted molar refractivity (Wildman–Crippen MR) is 125 cm³/mol. The Bertz CT molecular complexity index is 1340. The highest BCUT2D eigenvalue weighted by atomic mass is 32.1. The summed E-state index contributed by atoms with van der Waals surface area (Å²) in [5.41, 5.74) is 2.15. The molecule has 3 aromatic heterocycles. The van der Waals surface area contributed by atoms with Crippen molar-refractivity contribution >= 4 is 29.0 Å². The average molecular weight is 460 g/mol. The van der Waals surface area contributed by atoms with Gasteiger partial charge in [-0.3, -0.25) is 4.79 Å². The van der Waals surface area contributed by atoms with E-state index in [9.17, 15) is 9.90 Å². The Labute approximate surface area is 194 Å². The standard InChI is InChI=1S/C23H21N7O2S/c1-14-10-19(26-13-25-14)29-22-24-8-6-17(28-22)18-12-33-20(27-18)15-4-3-5-16(11-15)23(32)7-9-30(2)21(23)31/h3-6,8,10-13,32H,7,9H2,1-2H3,(H,24,25,26,28,29)/t23-/m1/s1. The molecule has 9 nitrogen and oxygen atoms in total. The van der Waals surface area contributed by atoms with Crippen molar-refractivity contribution in [3.8, 4) is 22.0 Å². The molecular weight excluding hydrogens is 438 g/mol. The van der Waals surface area contributed by atoms with E-state index in [2.05, 4.69) is 25.3 Å². The van der Waals surface area contributed by atoms with Gasteiger partial charge in [-0.05, 0) is 24.6 Å². The van der Waals surface area contributed by atoms with Crippen LogP contribution in [-0.2, 0) is 10.4 Å². The molecule has 1 fully saturated rings. The van der Waals surface area contributed by atoms with Crippen molar-refractivity contribution in [2.24, 2.45) is 0 Å². The van der Waals surface area contributed by atoms with E-state index in [0.717, 1.165) is 16.3 Å². The number of carbonyl (C=O) groups excluding carboxylic acids is 1. The molecule has 0 spiro atoms. The predicted octanol–water partition coefficient (Wildman–Crippen LogP) is 3.16. The van der Waals surface area contributed by atoms with Gasteiger partial charge in [0.1, 0.15) is 22.8 Å². The third-order valence-electron chi connectivity index (χ3n) is 5.56. The summed E-state index contributed by atoms with van der Waals surface area (Å²) in [4.78, 5) is 35.8. The lowest BCUT2D eigenvalue weighted by molar-refractivity contribution is -0.143. The average Bonchev–Trinajstić information content (AvgIpc) is 3.42. The van der Waals surface area contributed by atoms with Crippen LogP contribution in [0.4, 0.5) is 11.8 Å². The van der Waals surface area contributed by atoms with E-state index in [0.29, 0.717) is 41.7 Å². The summed E-state index contributed by atoms with van der Waals surface area (Å²) in [6, 6.07) is 11.0. The van der Waals surface area contributed by atoms with Crippen molar-refractivity contribution in [3.05, 3.63) is 65.6 Å². The van der Waals surface area contributed by atoms with E-state index in [4.69, 9.17) is 4.98 Å². The van der Waals surface area contributed by atoms with Crippen molar-refractivity contribution in [1.82, 2.24) is 29.8 Å². The number of hydrogen-bond donors (Lipinski definition) is 2. The largest absolute Gasteiger partial charge is 0.375 e. The highest BCUT2D eigenvalue weighted by Gasteiger charge is 2.45. The second-order valence-corrected chi connectivity index (χ2v) is 8.75. The molecule has 0 radical (unpaired) electrons. The van der Waals surface area contributed by atoms with Crippen LogP contribution in [0.25, 0.3) is 22.0 Å². The molecule has 1 aromatic carbocycles. The topological polar surface area (TPSA) is 117 Å². The van der Waals surface area contributed by atoms with Gasteiger partial charge >= 0.3 is 0 Å². The molecule has 1 aliphatic heterocycles. The van der Waals surface area contributed by atoms with E-state index < -0.39 is 5.60 Å². The second-order valence-electron chi connectivity index (χ2n) is 7.89. The number of likely N-dealkylation sites (tertiary alicyclic amines) is 1. The summed E-state index contributed by atoms with van der Waals surface area (Å²) in [5.74, 6) is 0.744. The summed E-state index contributed by atoms with van der Waals surface area (Å²) < 4.78 is 0. The van der Waals surface area contributed by atoms with Gasteiger partial charge in [-0.1, -0.05) is 18.2 Å². The Hall–Kier alpha value is -3.76. The minimum Gasteiger partial charge on any atom is -0.375 e. The van der Waals surface area contributed by atoms with E-state index >= 15 is 0 Å². The lowest BCUT2D eigenvalue weighted by Crippen LogP contribution is -2.36. The number of carbonyl (C=O) groups is 1. The number of aromatic nitrogens is 5. The van der Waals surface area contributed by atoms with E-state index in [1.54, 1.807) is 30.3 Å². The van der Waals surface area contributed by atoms with Crippen LogP contribution in [0.3, 0.4) is 0 Å². The normalized spacial score (nSPS) is 18.0. The summed E-state index contributed by atoms with van der Waals surface area (Å²) in [6.45, 7) is 2.41. The van der Waals surface area contributed by atoms with Gasteiger partial charge in [-0.15, -0.1) is 11.3 Å². The smallest absolute Gasteiger partial charge is 0.258 e. The first kappa shape index (κ1) is 21.1. The van der Waals surface area contributed by atoms with Crippen LogP contribution in [0.15, 0.2) is 54.3 Å². The van der Waals surface area contributed by atoms with Crippen LogP contribution >= 0.6 is 11.3 Å². The fourth-order valence-electron chi connectivity index (χ4n) is 3.75. The molecule has 33 heavy (non-hydrogen) atoms. The second kappa shape index (κ2) is 8.30. The minimum atomic E-state index is -1.49. The molecule has 0 bridgehead atoms. The quantitative estimate of drug-likeness (QED) is 0.467. The van der Waals surface area contributed by atoms with Gasteiger partial charge in [-0.25, -0.2) is 24.9 Å². The van der Waals surface area contributed by atoms with Crippen molar-refractivity contribution in [2.75, 3.05) is 18.9 Å². The highest BCUT2D eigenvalue weighted by molar-refractivity contribution is 7.13. The third-order valence-corrected chi connectivity index (χ3v) is 6.45. The number of hydrogen-bond acceptors (Lipinski definition) is 9. The molecule has 0 aliphatic carbocycles. The fraction of sp³-hybridized carbons (Fsp3) is 0.217. The number of thiazole rings is 1. The van der Waals surface area contributed by atoms with Crippen LogP contribution in [0.1, 0.15) is 17.7 Å². The Kier molecular flexibility index (Phi) is 5.31. The van der Waals surface area contributed by atoms with Gasteiger partial charge in [0.25, 0.3) is 5.91 Å². The maximum Gasteiger partial charge on any atom is 0.258 e. The van der Waals surface area contributed by atoms with Crippen molar-refractivity contribution in [1.29, 1.82) is 0 Å². The number of aryl methyl sites for hydroxylation is 1. The highest BCUT2D eigenvalue weighted by Crippen LogP contribution is 2.36. The Morgan fingerprint density at radius 2 is 2.00 bits per heavy atom. The molecule has 0 saturated carbocycles. The van der Waals surface area contributed by atoms with Gasteiger partial charge in [0, 0.05) is 48.9 Å². The zero-order valence-corrected chi connectivity index (χ0v) is 18.9. The zero-order valence-electron chi connectivity index (χ0n) is 18.1. The molecule has 4 aromatic rings. The summed E-state index contributed by atoms with van der Waals surface area (Å²) >= 11 is 1.47. The fourth-order valence-corrected chi connectivity index (χ4v) is 4.56. The number of nitrogens with one attached hydrogen (secondary N) is 1. The summed E-state index contributed by atoms with van der Waals surface area (Å²) in [5, 5.41) is 16.8. The molecule has 0 unspecified atom stereocenters. The summed E-state index contributed by atoms with van der Waals surface area (Å²) in [7, 11) is 1.70. The number of benzene rings is 1. The monoisotopic (exact) mass is 459 g/mol. The van der Waals surface area contributed by atoms with Gasteiger partial charge in [0.05, 0.1) is 5.69 Å². The van der Waals surface area contributed by atoms with Gasteiger partial charge in [0.2, 0.25) is 5.95 Å². The maximum atomic E-state index is 12.5. The first-order valence-electron chi connectivity index (χ1n) is 10.4. The SMILES string of the molecule is Cc1cc(Nc2nccc(-c3csc(-c4cccc([C@]5(O)CCN(C)C5=O)c4)n3)n2)ncn1. The molecule has 1 amide bonds. The van der Waals surface area contributed by atoms with Crippen LogP contribution in [0, 0.1) is 6.92 Å². The van der Waals surface area contributed by atoms with Crippen LogP contribution in [-0.4, -0.2) is 54.4 Å².